The second-order valence-corrected chi connectivity index (χ2v) is 6.36. The summed E-state index contributed by atoms with van der Waals surface area (Å²) in [6.45, 7) is 5.67. The Morgan fingerprint density at radius 3 is 2.86 bits per heavy atom. The van der Waals surface area contributed by atoms with Crippen molar-refractivity contribution in [2.75, 3.05) is 46.4 Å². The number of guanidine groups is 1. The Hall–Kier alpha value is -2.71. The number of aliphatic imine (C=N–C) groups is 1. The minimum atomic E-state index is -0.418. The number of nitrogens with one attached hydrogen (secondary N) is 2. The van der Waals surface area contributed by atoms with E-state index in [1.54, 1.807) is 37.6 Å². The van der Waals surface area contributed by atoms with Gasteiger partial charge in [0.1, 0.15) is 5.75 Å². The highest BCUT2D eigenvalue weighted by Gasteiger charge is 2.10. The average Bonchev–Trinajstić information content (AvgIpc) is 2.74. The van der Waals surface area contributed by atoms with Crippen LogP contribution in [-0.2, 0) is 11.3 Å². The smallest absolute Gasteiger partial charge is 0.191 e. The number of aromatic nitrogens is 1. The third kappa shape index (κ3) is 6.17. The van der Waals surface area contributed by atoms with Crippen LogP contribution in [0.5, 0.6) is 11.5 Å². The highest BCUT2D eigenvalue weighted by Crippen LogP contribution is 2.24. The van der Waals surface area contributed by atoms with Crippen LogP contribution in [0.1, 0.15) is 5.56 Å². The van der Waals surface area contributed by atoms with Crippen molar-refractivity contribution >= 4 is 5.96 Å². The first-order valence-corrected chi connectivity index (χ1v) is 9.35. The number of hydrogen-bond donors (Lipinski definition) is 2. The maximum absolute atomic E-state index is 14.3. The Labute approximate surface area is 164 Å². The van der Waals surface area contributed by atoms with Crippen molar-refractivity contribution in [1.29, 1.82) is 0 Å². The van der Waals surface area contributed by atoms with E-state index >= 15 is 0 Å². The van der Waals surface area contributed by atoms with Crippen LogP contribution in [0.25, 0.3) is 0 Å². The van der Waals surface area contributed by atoms with Crippen LogP contribution < -0.4 is 15.4 Å². The molecule has 1 aromatic heterocycles. The quantitative estimate of drug-likeness (QED) is 0.560. The molecule has 1 fully saturated rings. The number of morpholine rings is 1. The molecule has 1 aliphatic rings. The van der Waals surface area contributed by atoms with Crippen molar-refractivity contribution in [3.63, 3.8) is 0 Å². The molecule has 0 spiro atoms. The molecule has 1 aliphatic heterocycles. The van der Waals surface area contributed by atoms with Gasteiger partial charge in [0.05, 0.1) is 19.4 Å². The van der Waals surface area contributed by atoms with Gasteiger partial charge in [-0.25, -0.2) is 4.39 Å². The molecule has 150 valence electrons. The summed E-state index contributed by atoms with van der Waals surface area (Å²) in [6.07, 6.45) is 3.18. The number of ether oxygens (including phenoxy) is 2. The minimum Gasteiger partial charge on any atom is -0.453 e. The highest BCUT2D eigenvalue weighted by atomic mass is 19.1. The highest BCUT2D eigenvalue weighted by molar-refractivity contribution is 5.79. The van der Waals surface area contributed by atoms with E-state index in [-0.39, 0.29) is 5.75 Å². The fourth-order valence-corrected chi connectivity index (χ4v) is 2.84. The van der Waals surface area contributed by atoms with E-state index in [4.69, 9.17) is 9.47 Å². The van der Waals surface area contributed by atoms with Gasteiger partial charge in [0.15, 0.2) is 17.5 Å². The molecule has 0 radical (unpaired) electrons. The summed E-state index contributed by atoms with van der Waals surface area (Å²) in [6, 6.07) is 8.37. The van der Waals surface area contributed by atoms with Crippen LogP contribution in [-0.4, -0.2) is 62.3 Å². The molecule has 2 aromatic rings. The largest absolute Gasteiger partial charge is 0.453 e. The molecule has 3 rings (SSSR count). The standard InChI is InChI=1S/C20H26FN5O2/c1-22-20(24-7-8-26-9-11-27-12-10-26)25-14-16-4-5-19(18(21)13-16)28-17-3-2-6-23-15-17/h2-6,13,15H,7-12,14H2,1H3,(H2,22,24,25). The van der Waals surface area contributed by atoms with Crippen LogP contribution in [0.15, 0.2) is 47.7 Å². The lowest BCUT2D eigenvalue weighted by Crippen LogP contribution is -2.44. The lowest BCUT2D eigenvalue weighted by molar-refractivity contribution is 0.0389. The lowest BCUT2D eigenvalue weighted by Gasteiger charge is -2.26. The van der Waals surface area contributed by atoms with Gasteiger partial charge < -0.3 is 20.1 Å². The first kappa shape index (κ1) is 20.0. The zero-order chi connectivity index (χ0) is 19.6. The summed E-state index contributed by atoms with van der Waals surface area (Å²) in [7, 11) is 1.72. The Morgan fingerprint density at radius 1 is 1.29 bits per heavy atom. The molecule has 0 bridgehead atoms. The molecule has 0 atom stereocenters. The third-order valence-electron chi connectivity index (χ3n) is 4.37. The molecule has 1 aromatic carbocycles. The van der Waals surface area contributed by atoms with Crippen LogP contribution in [0.2, 0.25) is 0 Å². The summed E-state index contributed by atoms with van der Waals surface area (Å²) in [5, 5.41) is 6.47. The van der Waals surface area contributed by atoms with Crippen LogP contribution >= 0.6 is 0 Å². The summed E-state index contributed by atoms with van der Waals surface area (Å²) < 4.78 is 25.2. The summed E-state index contributed by atoms with van der Waals surface area (Å²) in [5.41, 5.74) is 0.798. The SMILES string of the molecule is CN=C(NCCN1CCOCC1)NCc1ccc(Oc2cccnc2)c(F)c1. The second-order valence-electron chi connectivity index (χ2n) is 6.36. The third-order valence-corrected chi connectivity index (χ3v) is 4.37. The number of hydrogen-bond acceptors (Lipinski definition) is 5. The molecule has 2 N–H and O–H groups in total. The van der Waals surface area contributed by atoms with Crippen molar-refractivity contribution < 1.29 is 13.9 Å². The Balaban J connectivity index is 1.45. The maximum atomic E-state index is 14.3. The van der Waals surface area contributed by atoms with E-state index in [2.05, 4.69) is 25.5 Å². The van der Waals surface area contributed by atoms with E-state index in [9.17, 15) is 4.39 Å². The van der Waals surface area contributed by atoms with Gasteiger partial charge in [0.2, 0.25) is 0 Å². The van der Waals surface area contributed by atoms with Gasteiger partial charge in [-0.05, 0) is 29.8 Å². The molecular weight excluding hydrogens is 361 g/mol. The summed E-state index contributed by atoms with van der Waals surface area (Å²) in [5.74, 6) is 0.935. The summed E-state index contributed by atoms with van der Waals surface area (Å²) in [4.78, 5) is 10.5. The van der Waals surface area contributed by atoms with Gasteiger partial charge in [-0.15, -0.1) is 0 Å². The molecule has 2 heterocycles. The maximum Gasteiger partial charge on any atom is 0.191 e. The number of benzene rings is 1. The van der Waals surface area contributed by atoms with E-state index in [1.165, 1.54) is 6.07 Å². The van der Waals surface area contributed by atoms with E-state index < -0.39 is 5.82 Å². The molecule has 28 heavy (non-hydrogen) atoms. The normalized spacial score (nSPS) is 15.3. The fraction of sp³-hybridized carbons (Fsp3) is 0.400. The topological polar surface area (TPSA) is 71.0 Å². The monoisotopic (exact) mass is 387 g/mol. The van der Waals surface area contributed by atoms with Crippen molar-refractivity contribution in [2.45, 2.75) is 6.54 Å². The van der Waals surface area contributed by atoms with Crippen molar-refractivity contribution in [3.8, 4) is 11.5 Å². The number of halogens is 1. The van der Waals surface area contributed by atoms with Gasteiger partial charge in [-0.1, -0.05) is 6.07 Å². The predicted molar refractivity (Wildman–Crippen MR) is 106 cm³/mol. The Bertz CT molecular complexity index is 766. The Kier molecular flexibility index (Phi) is 7.57. The summed E-state index contributed by atoms with van der Waals surface area (Å²) >= 11 is 0. The van der Waals surface area contributed by atoms with E-state index in [1.807, 2.05) is 6.07 Å². The lowest BCUT2D eigenvalue weighted by atomic mass is 10.2. The number of pyridine rings is 1. The molecule has 1 saturated heterocycles. The molecule has 0 saturated carbocycles. The average molecular weight is 387 g/mol. The van der Waals surface area contributed by atoms with Gasteiger partial charge in [-0.3, -0.25) is 14.9 Å². The van der Waals surface area contributed by atoms with Crippen LogP contribution in [0.3, 0.4) is 0 Å². The zero-order valence-corrected chi connectivity index (χ0v) is 16.0. The van der Waals surface area contributed by atoms with Crippen LogP contribution in [0.4, 0.5) is 4.39 Å². The van der Waals surface area contributed by atoms with Gasteiger partial charge >= 0.3 is 0 Å². The molecule has 0 unspecified atom stereocenters. The first-order chi connectivity index (χ1) is 13.7. The predicted octanol–water partition coefficient (Wildman–Crippen LogP) is 2.01. The Morgan fingerprint density at radius 2 is 2.14 bits per heavy atom. The van der Waals surface area contributed by atoms with Gasteiger partial charge in [0.25, 0.3) is 0 Å². The van der Waals surface area contributed by atoms with E-state index in [0.717, 1.165) is 45.0 Å². The fourth-order valence-electron chi connectivity index (χ4n) is 2.84. The molecule has 8 heteroatoms. The van der Waals surface area contributed by atoms with Crippen molar-refractivity contribution in [3.05, 3.63) is 54.1 Å². The molecule has 7 nitrogen and oxygen atoms in total. The first-order valence-electron chi connectivity index (χ1n) is 9.35. The zero-order valence-electron chi connectivity index (χ0n) is 16.0. The molecular formula is C20H26FN5O2. The number of rotatable bonds is 7. The second kappa shape index (κ2) is 10.6. The van der Waals surface area contributed by atoms with Gasteiger partial charge in [0, 0.05) is 46.0 Å². The minimum absolute atomic E-state index is 0.171. The number of nitrogens with zero attached hydrogens (tertiary/aromatic N) is 3. The van der Waals surface area contributed by atoms with E-state index in [0.29, 0.717) is 18.3 Å². The van der Waals surface area contributed by atoms with Crippen molar-refractivity contribution in [1.82, 2.24) is 20.5 Å². The van der Waals surface area contributed by atoms with Gasteiger partial charge in [-0.2, -0.15) is 0 Å². The van der Waals surface area contributed by atoms with Crippen LogP contribution in [0, 0.1) is 5.82 Å². The van der Waals surface area contributed by atoms with Crippen molar-refractivity contribution in [2.24, 2.45) is 4.99 Å². The molecule has 0 aliphatic carbocycles. The molecule has 0 amide bonds.